The first-order valence-corrected chi connectivity index (χ1v) is 8.56. The van der Waals surface area contributed by atoms with Gasteiger partial charge < -0.3 is 10.2 Å². The zero-order chi connectivity index (χ0) is 16.7. The molecule has 0 bridgehead atoms. The highest BCUT2D eigenvalue weighted by molar-refractivity contribution is 5.94. The fourth-order valence-electron chi connectivity index (χ4n) is 3.04. The van der Waals surface area contributed by atoms with Gasteiger partial charge >= 0.3 is 6.03 Å². The first-order chi connectivity index (χ1) is 11.1. The Hall–Kier alpha value is -1.88. The molecule has 126 valence electrons. The Bertz CT molecular complexity index is 522. The number of aryl methyl sites for hydroxylation is 1. The predicted molar refractivity (Wildman–Crippen MR) is 90.2 cm³/mol. The lowest BCUT2D eigenvalue weighted by atomic mass is 10.1. The third-order valence-electron chi connectivity index (χ3n) is 4.34. The minimum Gasteiger partial charge on any atom is -0.335 e. The van der Waals surface area contributed by atoms with Crippen LogP contribution in [0.2, 0.25) is 0 Å². The molecule has 1 aliphatic carbocycles. The Morgan fingerprint density at radius 3 is 2.35 bits per heavy atom. The average Bonchev–Trinajstić information content (AvgIpc) is 3.00. The van der Waals surface area contributed by atoms with Gasteiger partial charge in [-0.3, -0.25) is 10.1 Å². The molecule has 0 aromatic heterocycles. The van der Waals surface area contributed by atoms with Crippen molar-refractivity contribution in [1.29, 1.82) is 0 Å². The van der Waals surface area contributed by atoms with Gasteiger partial charge in [0.25, 0.3) is 5.91 Å². The predicted octanol–water partition coefficient (Wildman–Crippen LogP) is 1.03. The maximum Gasteiger partial charge on any atom is 0.321 e. The number of imide groups is 1. The van der Waals surface area contributed by atoms with E-state index in [2.05, 4.69) is 41.8 Å². The molecule has 2 rings (SSSR count). The monoisotopic (exact) mass is 318 g/mol. The van der Waals surface area contributed by atoms with Crippen LogP contribution in [0.25, 0.3) is 0 Å². The molecular weight excluding hydrogens is 290 g/mol. The summed E-state index contributed by atoms with van der Waals surface area (Å²) in [7, 11) is 1.96. The molecule has 1 aromatic rings. The van der Waals surface area contributed by atoms with Gasteiger partial charge in [-0.15, -0.1) is 0 Å². The van der Waals surface area contributed by atoms with E-state index < -0.39 is 0 Å². The summed E-state index contributed by atoms with van der Waals surface area (Å²) in [6, 6.07) is 8.32. The van der Waals surface area contributed by atoms with Gasteiger partial charge in [-0.25, -0.2) is 4.79 Å². The van der Waals surface area contributed by atoms with Crippen LogP contribution in [0, 0.1) is 0 Å². The van der Waals surface area contributed by atoms with Crippen LogP contribution in [0.3, 0.4) is 0 Å². The zero-order valence-corrected chi connectivity index (χ0v) is 14.2. The second kappa shape index (κ2) is 8.67. The van der Waals surface area contributed by atoms with Gasteiger partial charge in [-0.2, -0.15) is 0 Å². The van der Waals surface area contributed by atoms with E-state index in [-0.39, 0.29) is 24.5 Å². The Balaban J connectivity index is 1.71. The third kappa shape index (κ3) is 6.02. The summed E-state index contributed by atoms with van der Waals surface area (Å²) in [4.78, 5) is 24.8. The Kier molecular flexibility index (Phi) is 6.59. The molecule has 1 unspecified atom stereocenters. The standard InChI is InChI=1S/C18H27N3O2/c1-3-14-8-10-15(11-9-14)12-21(2)13-17(22)20-18(23)19-16-6-4-5-7-16/h8-11,16H,3-7,12-13H2,1-2H3,(H2,19,20,22,23)/p+1. The molecular formula is C18H28N3O2+. The quantitative estimate of drug-likeness (QED) is 0.734. The van der Waals surface area contributed by atoms with Crippen LogP contribution in [0.15, 0.2) is 24.3 Å². The smallest absolute Gasteiger partial charge is 0.321 e. The molecule has 5 nitrogen and oxygen atoms in total. The van der Waals surface area contributed by atoms with E-state index in [1.807, 2.05) is 7.05 Å². The van der Waals surface area contributed by atoms with Crippen molar-refractivity contribution in [1.82, 2.24) is 10.6 Å². The average molecular weight is 318 g/mol. The molecule has 0 heterocycles. The van der Waals surface area contributed by atoms with Gasteiger partial charge in [0.15, 0.2) is 6.54 Å². The van der Waals surface area contributed by atoms with Gasteiger partial charge in [0, 0.05) is 11.6 Å². The first-order valence-electron chi connectivity index (χ1n) is 8.56. The SMILES string of the molecule is CCc1ccc(C[NH+](C)CC(=O)NC(=O)NC2CCCC2)cc1. The molecule has 0 radical (unpaired) electrons. The summed E-state index contributed by atoms with van der Waals surface area (Å²) in [5.74, 6) is -0.233. The summed E-state index contributed by atoms with van der Waals surface area (Å²) >= 11 is 0. The Labute approximate surface area is 138 Å². The number of likely N-dealkylation sites (N-methyl/N-ethyl adjacent to an activating group) is 1. The molecule has 1 fully saturated rings. The molecule has 1 aromatic carbocycles. The number of urea groups is 1. The summed E-state index contributed by atoms with van der Waals surface area (Å²) in [5.41, 5.74) is 2.51. The second-order valence-electron chi connectivity index (χ2n) is 6.48. The van der Waals surface area contributed by atoms with Crippen LogP contribution < -0.4 is 15.5 Å². The number of carbonyl (C=O) groups is 2. The van der Waals surface area contributed by atoms with Crippen molar-refractivity contribution in [3.8, 4) is 0 Å². The van der Waals surface area contributed by atoms with Gasteiger partial charge in [-0.1, -0.05) is 44.0 Å². The molecule has 0 saturated heterocycles. The van der Waals surface area contributed by atoms with Crippen molar-refractivity contribution in [2.45, 2.75) is 51.6 Å². The fourth-order valence-corrected chi connectivity index (χ4v) is 3.04. The number of benzene rings is 1. The van der Waals surface area contributed by atoms with Gasteiger partial charge in [0.1, 0.15) is 6.54 Å². The second-order valence-corrected chi connectivity index (χ2v) is 6.48. The van der Waals surface area contributed by atoms with Crippen LogP contribution in [0.1, 0.15) is 43.7 Å². The van der Waals surface area contributed by atoms with Crippen LogP contribution in [-0.2, 0) is 17.8 Å². The molecule has 3 amide bonds. The summed E-state index contributed by atoms with van der Waals surface area (Å²) in [6.45, 7) is 3.18. The molecule has 23 heavy (non-hydrogen) atoms. The minimum atomic E-state index is -0.359. The molecule has 3 N–H and O–H groups in total. The first kappa shape index (κ1) is 17.5. The molecule has 0 spiro atoms. The highest BCUT2D eigenvalue weighted by atomic mass is 16.2. The maximum atomic E-state index is 11.9. The summed E-state index contributed by atoms with van der Waals surface area (Å²) in [6.07, 6.45) is 5.37. The number of amides is 3. The number of hydrogen-bond donors (Lipinski definition) is 3. The maximum absolute atomic E-state index is 11.9. The summed E-state index contributed by atoms with van der Waals surface area (Å²) in [5, 5.41) is 5.30. The summed E-state index contributed by atoms with van der Waals surface area (Å²) < 4.78 is 0. The largest absolute Gasteiger partial charge is 0.335 e. The van der Waals surface area contributed by atoms with Crippen molar-refractivity contribution in [3.63, 3.8) is 0 Å². The van der Waals surface area contributed by atoms with Crippen LogP contribution in [-0.4, -0.2) is 31.6 Å². The molecule has 5 heteroatoms. The van der Waals surface area contributed by atoms with Crippen LogP contribution in [0.5, 0.6) is 0 Å². The third-order valence-corrected chi connectivity index (χ3v) is 4.34. The lowest BCUT2D eigenvalue weighted by Crippen LogP contribution is -3.09. The number of nitrogens with one attached hydrogen (secondary N) is 3. The Morgan fingerprint density at radius 1 is 1.13 bits per heavy atom. The zero-order valence-electron chi connectivity index (χ0n) is 14.2. The van der Waals surface area contributed by atoms with Crippen molar-refractivity contribution >= 4 is 11.9 Å². The van der Waals surface area contributed by atoms with Crippen LogP contribution >= 0.6 is 0 Å². The van der Waals surface area contributed by atoms with E-state index in [1.165, 1.54) is 11.1 Å². The van der Waals surface area contributed by atoms with Gasteiger partial charge in [0.2, 0.25) is 0 Å². The van der Waals surface area contributed by atoms with E-state index in [1.54, 1.807) is 0 Å². The fraction of sp³-hybridized carbons (Fsp3) is 0.556. The Morgan fingerprint density at radius 2 is 1.74 bits per heavy atom. The number of carbonyl (C=O) groups excluding carboxylic acids is 2. The van der Waals surface area contributed by atoms with Crippen molar-refractivity contribution in [2.24, 2.45) is 0 Å². The van der Waals surface area contributed by atoms with Crippen molar-refractivity contribution in [3.05, 3.63) is 35.4 Å². The lowest BCUT2D eigenvalue weighted by molar-refractivity contribution is -0.885. The topological polar surface area (TPSA) is 62.6 Å². The minimum absolute atomic E-state index is 0.227. The van der Waals surface area contributed by atoms with Crippen molar-refractivity contribution in [2.75, 3.05) is 13.6 Å². The van der Waals surface area contributed by atoms with Crippen LogP contribution in [0.4, 0.5) is 4.79 Å². The van der Waals surface area contributed by atoms with E-state index in [0.29, 0.717) is 0 Å². The number of quaternary nitrogens is 1. The normalized spacial score (nSPS) is 16.1. The van der Waals surface area contributed by atoms with E-state index in [4.69, 9.17) is 0 Å². The molecule has 1 aliphatic rings. The number of hydrogen-bond acceptors (Lipinski definition) is 2. The van der Waals surface area contributed by atoms with Crippen molar-refractivity contribution < 1.29 is 14.5 Å². The van der Waals surface area contributed by atoms with E-state index >= 15 is 0 Å². The van der Waals surface area contributed by atoms with E-state index in [0.717, 1.165) is 43.5 Å². The van der Waals surface area contributed by atoms with E-state index in [9.17, 15) is 9.59 Å². The molecule has 0 aliphatic heterocycles. The molecule has 1 saturated carbocycles. The highest BCUT2D eigenvalue weighted by Gasteiger charge is 2.19. The van der Waals surface area contributed by atoms with Gasteiger partial charge in [0.05, 0.1) is 7.05 Å². The lowest BCUT2D eigenvalue weighted by Gasteiger charge is -2.15. The van der Waals surface area contributed by atoms with Gasteiger partial charge in [-0.05, 0) is 24.8 Å². The highest BCUT2D eigenvalue weighted by Crippen LogP contribution is 2.17. The number of rotatable bonds is 6. The molecule has 1 atom stereocenters.